The number of aromatic amines is 1. The molecule has 1 aromatic heterocycles. The molecule has 0 aliphatic heterocycles. The van der Waals surface area contributed by atoms with Crippen LogP contribution in [0.15, 0.2) is 24.4 Å². The van der Waals surface area contributed by atoms with Crippen molar-refractivity contribution < 1.29 is 4.39 Å². The second-order valence-corrected chi connectivity index (χ2v) is 4.59. The lowest BCUT2D eigenvalue weighted by Gasteiger charge is -2.08. The van der Waals surface area contributed by atoms with E-state index in [0.29, 0.717) is 0 Å². The van der Waals surface area contributed by atoms with Gasteiger partial charge in [-0.1, -0.05) is 6.07 Å². The van der Waals surface area contributed by atoms with Gasteiger partial charge < -0.3 is 9.55 Å². The molecular weight excluding hydrogens is 235 g/mol. The van der Waals surface area contributed by atoms with Gasteiger partial charge in [0.2, 0.25) is 0 Å². The average molecular weight is 250 g/mol. The maximum atomic E-state index is 13.0. The van der Waals surface area contributed by atoms with Crippen LogP contribution in [0.4, 0.5) is 4.39 Å². The third-order valence-corrected chi connectivity index (χ3v) is 3.32. The lowest BCUT2D eigenvalue weighted by molar-refractivity contribution is 0.622. The first-order valence-electron chi connectivity index (χ1n) is 5.58. The van der Waals surface area contributed by atoms with E-state index in [2.05, 4.69) is 9.55 Å². The summed E-state index contributed by atoms with van der Waals surface area (Å²) in [7, 11) is 0. The van der Waals surface area contributed by atoms with Gasteiger partial charge in [0.1, 0.15) is 5.82 Å². The molecule has 2 nitrogen and oxygen atoms in total. The van der Waals surface area contributed by atoms with Gasteiger partial charge in [0.15, 0.2) is 4.77 Å². The van der Waals surface area contributed by atoms with Crippen LogP contribution in [-0.2, 0) is 13.0 Å². The van der Waals surface area contributed by atoms with Crippen molar-refractivity contribution in [1.82, 2.24) is 9.55 Å². The molecule has 2 rings (SSSR count). The third kappa shape index (κ3) is 2.64. The summed E-state index contributed by atoms with van der Waals surface area (Å²) in [4.78, 5) is 3.01. The van der Waals surface area contributed by atoms with Crippen LogP contribution in [0.1, 0.15) is 16.8 Å². The Bertz CT molecular complexity index is 583. The molecule has 0 radical (unpaired) electrons. The van der Waals surface area contributed by atoms with Crippen LogP contribution in [0.3, 0.4) is 0 Å². The molecule has 0 bridgehead atoms. The molecule has 0 atom stereocenters. The third-order valence-electron chi connectivity index (χ3n) is 2.98. The molecular formula is C13H15FN2S. The molecule has 0 fully saturated rings. The van der Waals surface area contributed by atoms with Crippen molar-refractivity contribution in [2.45, 2.75) is 26.8 Å². The van der Waals surface area contributed by atoms with Gasteiger partial charge in [-0.15, -0.1) is 0 Å². The summed E-state index contributed by atoms with van der Waals surface area (Å²) in [6.07, 6.45) is 2.76. The van der Waals surface area contributed by atoms with Crippen LogP contribution in [0.5, 0.6) is 0 Å². The number of imidazole rings is 1. The normalized spacial score (nSPS) is 10.8. The zero-order valence-corrected chi connectivity index (χ0v) is 10.8. The number of hydrogen-bond acceptors (Lipinski definition) is 1. The van der Waals surface area contributed by atoms with Crippen LogP contribution in [0.2, 0.25) is 0 Å². The fourth-order valence-electron chi connectivity index (χ4n) is 1.93. The van der Waals surface area contributed by atoms with Gasteiger partial charge in [0, 0.05) is 18.4 Å². The monoisotopic (exact) mass is 250 g/mol. The molecule has 0 amide bonds. The lowest BCUT2D eigenvalue weighted by atomic mass is 10.1. The molecule has 4 heteroatoms. The number of aryl methyl sites for hydroxylation is 3. The Kier molecular flexibility index (Phi) is 3.43. The zero-order chi connectivity index (χ0) is 12.4. The Morgan fingerprint density at radius 3 is 2.71 bits per heavy atom. The Morgan fingerprint density at radius 2 is 2.12 bits per heavy atom. The number of aromatic nitrogens is 2. The molecule has 0 unspecified atom stereocenters. The highest BCUT2D eigenvalue weighted by Gasteiger charge is 2.03. The van der Waals surface area contributed by atoms with Crippen molar-refractivity contribution in [3.8, 4) is 0 Å². The van der Waals surface area contributed by atoms with E-state index >= 15 is 0 Å². The van der Waals surface area contributed by atoms with Gasteiger partial charge >= 0.3 is 0 Å². The molecule has 17 heavy (non-hydrogen) atoms. The van der Waals surface area contributed by atoms with E-state index in [1.165, 1.54) is 6.07 Å². The number of hydrogen-bond donors (Lipinski definition) is 1. The van der Waals surface area contributed by atoms with Crippen molar-refractivity contribution in [2.75, 3.05) is 0 Å². The Morgan fingerprint density at radius 1 is 1.35 bits per heavy atom. The van der Waals surface area contributed by atoms with Gasteiger partial charge in [-0.05, 0) is 55.7 Å². The van der Waals surface area contributed by atoms with E-state index in [-0.39, 0.29) is 5.82 Å². The first kappa shape index (κ1) is 12.0. The molecule has 0 aliphatic rings. The maximum Gasteiger partial charge on any atom is 0.177 e. The van der Waals surface area contributed by atoms with E-state index in [4.69, 9.17) is 12.2 Å². The Labute approximate surface area is 105 Å². The Hall–Kier alpha value is -1.42. The first-order valence-corrected chi connectivity index (χ1v) is 5.98. The first-order chi connectivity index (χ1) is 8.08. The number of rotatable bonds is 3. The van der Waals surface area contributed by atoms with Crippen LogP contribution in [0.25, 0.3) is 0 Å². The largest absolute Gasteiger partial charge is 0.337 e. The van der Waals surface area contributed by atoms with Gasteiger partial charge in [-0.2, -0.15) is 0 Å². The van der Waals surface area contributed by atoms with Crippen molar-refractivity contribution in [3.05, 3.63) is 51.8 Å². The smallest absolute Gasteiger partial charge is 0.177 e. The minimum atomic E-state index is -0.180. The van der Waals surface area contributed by atoms with Crippen molar-refractivity contribution >= 4 is 12.2 Å². The molecule has 0 saturated carbocycles. The molecule has 0 saturated heterocycles. The zero-order valence-electron chi connectivity index (χ0n) is 9.96. The van der Waals surface area contributed by atoms with E-state index in [1.54, 1.807) is 6.07 Å². The summed E-state index contributed by atoms with van der Waals surface area (Å²) in [6.45, 7) is 4.77. The highest BCUT2D eigenvalue weighted by molar-refractivity contribution is 7.71. The number of halogens is 1. The topological polar surface area (TPSA) is 20.7 Å². The van der Waals surface area contributed by atoms with Crippen molar-refractivity contribution in [1.29, 1.82) is 0 Å². The second-order valence-electron chi connectivity index (χ2n) is 4.21. The molecule has 1 N–H and O–H groups in total. The van der Waals surface area contributed by atoms with Gasteiger partial charge in [0.25, 0.3) is 0 Å². The summed E-state index contributed by atoms with van der Waals surface area (Å²) in [5.74, 6) is -0.180. The number of nitrogens with zero attached hydrogens (tertiary/aromatic N) is 1. The summed E-state index contributed by atoms with van der Waals surface area (Å²) >= 11 is 5.19. The predicted molar refractivity (Wildman–Crippen MR) is 69.2 cm³/mol. The predicted octanol–water partition coefficient (Wildman–Crippen LogP) is 3.54. The minimum Gasteiger partial charge on any atom is -0.337 e. The van der Waals surface area contributed by atoms with E-state index in [9.17, 15) is 4.39 Å². The second kappa shape index (κ2) is 4.84. The molecule has 2 aromatic rings. The van der Waals surface area contributed by atoms with Gasteiger partial charge in [0.05, 0.1) is 0 Å². The Balaban J connectivity index is 2.15. The van der Waals surface area contributed by atoms with Crippen LogP contribution < -0.4 is 0 Å². The molecule has 0 aliphatic carbocycles. The summed E-state index contributed by atoms with van der Waals surface area (Å²) in [5.41, 5.74) is 3.27. The fourth-order valence-corrected chi connectivity index (χ4v) is 2.23. The maximum absolute atomic E-state index is 13.0. The number of H-pyrrole nitrogens is 1. The SMILES string of the molecule is Cc1cc(F)ccc1CCn1c(C)c[nH]c1=S. The van der Waals surface area contributed by atoms with E-state index in [0.717, 1.165) is 34.6 Å². The quantitative estimate of drug-likeness (QED) is 0.826. The standard InChI is InChI=1S/C13H15FN2S/c1-9-7-12(14)4-3-11(9)5-6-16-10(2)8-15-13(16)17/h3-4,7-8H,5-6H2,1-2H3,(H,15,17). The van der Waals surface area contributed by atoms with Crippen molar-refractivity contribution in [2.24, 2.45) is 0 Å². The minimum absolute atomic E-state index is 0.180. The molecule has 0 spiro atoms. The van der Waals surface area contributed by atoms with E-state index < -0.39 is 0 Å². The van der Waals surface area contributed by atoms with Crippen molar-refractivity contribution in [3.63, 3.8) is 0 Å². The van der Waals surface area contributed by atoms with Crippen LogP contribution >= 0.6 is 12.2 Å². The van der Waals surface area contributed by atoms with Gasteiger partial charge in [-0.25, -0.2) is 4.39 Å². The van der Waals surface area contributed by atoms with Gasteiger partial charge in [-0.3, -0.25) is 0 Å². The molecule has 90 valence electrons. The highest BCUT2D eigenvalue weighted by atomic mass is 32.1. The lowest BCUT2D eigenvalue weighted by Crippen LogP contribution is -2.04. The number of benzene rings is 1. The van der Waals surface area contributed by atoms with Crippen LogP contribution in [0, 0.1) is 24.4 Å². The number of nitrogens with one attached hydrogen (secondary N) is 1. The average Bonchev–Trinajstić information content (AvgIpc) is 2.58. The summed E-state index contributed by atoms with van der Waals surface area (Å²) in [6, 6.07) is 4.92. The van der Waals surface area contributed by atoms with E-state index in [1.807, 2.05) is 26.1 Å². The van der Waals surface area contributed by atoms with Crippen LogP contribution in [-0.4, -0.2) is 9.55 Å². The molecule has 1 heterocycles. The highest BCUT2D eigenvalue weighted by Crippen LogP contribution is 2.12. The summed E-state index contributed by atoms with van der Waals surface area (Å²) in [5, 5.41) is 0. The molecule has 1 aromatic carbocycles. The fraction of sp³-hybridized carbons (Fsp3) is 0.308. The summed E-state index contributed by atoms with van der Waals surface area (Å²) < 4.78 is 15.8.